The number of anilines is 1. The van der Waals surface area contributed by atoms with Crippen molar-refractivity contribution in [2.75, 3.05) is 11.4 Å². The van der Waals surface area contributed by atoms with Crippen LogP contribution in [0.1, 0.15) is 19.8 Å². The number of pyridine rings is 1. The highest BCUT2D eigenvalue weighted by Gasteiger charge is 2.32. The van der Waals surface area contributed by atoms with Crippen molar-refractivity contribution in [2.45, 2.75) is 25.8 Å². The first-order valence-electron chi connectivity index (χ1n) is 7.18. The molecule has 3 rings (SSSR count). The maximum absolute atomic E-state index is 12.2. The van der Waals surface area contributed by atoms with Gasteiger partial charge in [-0.2, -0.15) is 0 Å². The highest BCUT2D eigenvalue weighted by molar-refractivity contribution is 5.85. The van der Waals surface area contributed by atoms with Gasteiger partial charge in [-0.3, -0.25) is 4.79 Å². The van der Waals surface area contributed by atoms with Gasteiger partial charge in [0.15, 0.2) is 0 Å². The first-order chi connectivity index (χ1) is 10.1. The van der Waals surface area contributed by atoms with Gasteiger partial charge in [-0.15, -0.1) is 0 Å². The third-order valence-corrected chi connectivity index (χ3v) is 4.20. The van der Waals surface area contributed by atoms with Crippen LogP contribution < -0.4 is 10.5 Å². The third-order valence-electron chi connectivity index (χ3n) is 4.20. The molecule has 2 atom stereocenters. The molecule has 1 aromatic heterocycles. The molecule has 2 aromatic rings. The summed E-state index contributed by atoms with van der Waals surface area (Å²) < 4.78 is 0. The summed E-state index contributed by atoms with van der Waals surface area (Å²) in [5.74, 6) is 0.142. The van der Waals surface area contributed by atoms with Gasteiger partial charge < -0.3 is 15.0 Å². The number of aromatic nitrogens is 1. The van der Waals surface area contributed by atoms with E-state index in [-0.39, 0.29) is 5.56 Å². The number of carbonyl (C=O) groups is 1. The number of hydrogen-bond donors (Lipinski definition) is 2. The lowest BCUT2D eigenvalue weighted by Gasteiger charge is -2.37. The lowest BCUT2D eigenvalue weighted by atomic mass is 9.92. The Hall–Kier alpha value is -2.30. The van der Waals surface area contributed by atoms with Crippen LogP contribution in [0.25, 0.3) is 10.8 Å². The summed E-state index contributed by atoms with van der Waals surface area (Å²) in [6.45, 7) is 2.71. The maximum atomic E-state index is 12.2. The van der Waals surface area contributed by atoms with Crippen molar-refractivity contribution in [3.05, 3.63) is 40.7 Å². The van der Waals surface area contributed by atoms with Crippen molar-refractivity contribution in [1.29, 1.82) is 0 Å². The Morgan fingerprint density at radius 2 is 2.14 bits per heavy atom. The van der Waals surface area contributed by atoms with Crippen LogP contribution in [0.5, 0.6) is 0 Å². The summed E-state index contributed by atoms with van der Waals surface area (Å²) in [5.41, 5.74) is -0.175. The van der Waals surface area contributed by atoms with E-state index in [1.54, 1.807) is 11.0 Å². The monoisotopic (exact) mass is 286 g/mol. The van der Waals surface area contributed by atoms with E-state index >= 15 is 0 Å². The summed E-state index contributed by atoms with van der Waals surface area (Å²) in [6.07, 6.45) is 1.53. The van der Waals surface area contributed by atoms with Crippen LogP contribution in [0, 0.1) is 5.92 Å². The number of rotatable bonds is 2. The van der Waals surface area contributed by atoms with E-state index < -0.39 is 12.0 Å². The highest BCUT2D eigenvalue weighted by atomic mass is 16.4. The number of carboxylic acid groups (broad SMARTS) is 1. The van der Waals surface area contributed by atoms with Gasteiger partial charge in [-0.1, -0.05) is 25.1 Å². The van der Waals surface area contributed by atoms with Gasteiger partial charge in [-0.25, -0.2) is 4.79 Å². The molecule has 0 saturated carbocycles. The molecule has 2 unspecified atom stereocenters. The SMILES string of the molecule is CC1CCN(c2cc3ccccc3c(=O)[nH]2)C(C(=O)O)C1. The molecule has 1 saturated heterocycles. The predicted octanol–water partition coefficient (Wildman–Crippen LogP) is 2.22. The minimum Gasteiger partial charge on any atom is -0.480 e. The molecule has 1 aliphatic rings. The first kappa shape index (κ1) is 13.7. The zero-order valence-corrected chi connectivity index (χ0v) is 11.9. The van der Waals surface area contributed by atoms with E-state index in [9.17, 15) is 14.7 Å². The first-order valence-corrected chi connectivity index (χ1v) is 7.18. The quantitative estimate of drug-likeness (QED) is 0.887. The van der Waals surface area contributed by atoms with E-state index in [1.807, 2.05) is 24.3 Å². The maximum Gasteiger partial charge on any atom is 0.326 e. The van der Waals surface area contributed by atoms with Gasteiger partial charge in [-0.05, 0) is 36.3 Å². The largest absolute Gasteiger partial charge is 0.480 e. The van der Waals surface area contributed by atoms with Crippen LogP contribution in [0.15, 0.2) is 35.1 Å². The minimum absolute atomic E-state index is 0.175. The molecule has 1 aromatic carbocycles. The van der Waals surface area contributed by atoms with Gasteiger partial charge in [0.1, 0.15) is 11.9 Å². The van der Waals surface area contributed by atoms with E-state index in [1.165, 1.54) is 0 Å². The number of nitrogens with one attached hydrogen (secondary N) is 1. The van der Waals surface area contributed by atoms with Gasteiger partial charge in [0.2, 0.25) is 0 Å². The van der Waals surface area contributed by atoms with Crippen LogP contribution in [-0.2, 0) is 4.79 Å². The van der Waals surface area contributed by atoms with Crippen LogP contribution in [0.3, 0.4) is 0 Å². The summed E-state index contributed by atoms with van der Waals surface area (Å²) in [4.78, 5) is 28.3. The second kappa shape index (κ2) is 5.24. The number of carboxylic acids is 1. The number of hydrogen-bond acceptors (Lipinski definition) is 3. The van der Waals surface area contributed by atoms with Crippen molar-refractivity contribution in [3.8, 4) is 0 Å². The molecular weight excluding hydrogens is 268 g/mol. The molecule has 0 aliphatic carbocycles. The van der Waals surface area contributed by atoms with Gasteiger partial charge in [0.25, 0.3) is 5.56 Å². The van der Waals surface area contributed by atoms with E-state index in [0.29, 0.717) is 30.1 Å². The smallest absolute Gasteiger partial charge is 0.326 e. The van der Waals surface area contributed by atoms with E-state index in [2.05, 4.69) is 11.9 Å². The topological polar surface area (TPSA) is 73.4 Å². The molecule has 21 heavy (non-hydrogen) atoms. The van der Waals surface area contributed by atoms with Crippen LogP contribution in [0.4, 0.5) is 5.82 Å². The number of aromatic amines is 1. The summed E-state index contributed by atoms with van der Waals surface area (Å²) in [6, 6.07) is 8.62. The van der Waals surface area contributed by atoms with Crippen molar-refractivity contribution in [3.63, 3.8) is 0 Å². The van der Waals surface area contributed by atoms with Crippen molar-refractivity contribution in [2.24, 2.45) is 5.92 Å². The number of piperidine rings is 1. The number of nitrogens with zero attached hydrogens (tertiary/aromatic N) is 1. The molecule has 1 aliphatic heterocycles. The van der Waals surface area contributed by atoms with Gasteiger partial charge in [0.05, 0.1) is 0 Å². The van der Waals surface area contributed by atoms with Crippen LogP contribution >= 0.6 is 0 Å². The normalized spacial score (nSPS) is 22.4. The second-order valence-corrected chi connectivity index (χ2v) is 5.75. The van der Waals surface area contributed by atoms with Crippen molar-refractivity contribution < 1.29 is 9.90 Å². The van der Waals surface area contributed by atoms with Gasteiger partial charge in [0, 0.05) is 11.9 Å². The Labute approximate surface area is 122 Å². The molecule has 2 heterocycles. The lowest BCUT2D eigenvalue weighted by molar-refractivity contribution is -0.139. The Kier molecular flexibility index (Phi) is 3.41. The average molecular weight is 286 g/mol. The van der Waals surface area contributed by atoms with E-state index in [0.717, 1.165) is 11.8 Å². The standard InChI is InChI=1S/C16H18N2O3/c1-10-6-7-18(13(8-10)16(20)21)14-9-11-4-2-3-5-12(11)15(19)17-14/h2-5,9-10,13H,6-8H2,1H3,(H,17,19)(H,20,21). The average Bonchev–Trinajstić information content (AvgIpc) is 2.47. The predicted molar refractivity (Wildman–Crippen MR) is 81.7 cm³/mol. The van der Waals surface area contributed by atoms with Crippen LogP contribution in [-0.4, -0.2) is 28.6 Å². The summed E-state index contributed by atoms with van der Waals surface area (Å²) >= 11 is 0. The van der Waals surface area contributed by atoms with Crippen LogP contribution in [0.2, 0.25) is 0 Å². The third kappa shape index (κ3) is 2.51. The highest BCUT2D eigenvalue weighted by Crippen LogP contribution is 2.27. The molecule has 1 fully saturated rings. The number of aliphatic carboxylic acids is 1. The molecule has 0 spiro atoms. The van der Waals surface area contributed by atoms with Gasteiger partial charge >= 0.3 is 5.97 Å². The molecule has 5 heteroatoms. The van der Waals surface area contributed by atoms with Crippen molar-refractivity contribution in [1.82, 2.24) is 4.98 Å². The van der Waals surface area contributed by atoms with E-state index in [4.69, 9.17) is 0 Å². The Balaban J connectivity index is 2.06. The molecule has 5 nitrogen and oxygen atoms in total. The zero-order valence-electron chi connectivity index (χ0n) is 11.9. The number of benzene rings is 1. The molecule has 0 amide bonds. The Morgan fingerprint density at radius 3 is 2.90 bits per heavy atom. The lowest BCUT2D eigenvalue weighted by Crippen LogP contribution is -2.47. The molecule has 0 bridgehead atoms. The molecular formula is C16H18N2O3. The fraction of sp³-hybridized carbons (Fsp3) is 0.375. The number of H-pyrrole nitrogens is 1. The number of fused-ring (bicyclic) bond motifs is 1. The summed E-state index contributed by atoms with van der Waals surface area (Å²) in [5, 5.41) is 10.9. The second-order valence-electron chi connectivity index (χ2n) is 5.75. The Bertz CT molecular complexity index is 738. The Morgan fingerprint density at radius 1 is 1.38 bits per heavy atom. The minimum atomic E-state index is -0.837. The molecule has 110 valence electrons. The molecule has 0 radical (unpaired) electrons. The fourth-order valence-electron chi connectivity index (χ4n) is 3.02. The zero-order chi connectivity index (χ0) is 15.0. The molecule has 2 N–H and O–H groups in total. The fourth-order valence-corrected chi connectivity index (χ4v) is 3.02. The van der Waals surface area contributed by atoms with Crippen molar-refractivity contribution >= 4 is 22.6 Å². The summed E-state index contributed by atoms with van der Waals surface area (Å²) in [7, 11) is 0.